The minimum atomic E-state index is -3.45. The molecule has 26 heavy (non-hydrogen) atoms. The van der Waals surface area contributed by atoms with Crippen molar-refractivity contribution in [2.45, 2.75) is 30.7 Å². The van der Waals surface area contributed by atoms with Gasteiger partial charge in [-0.05, 0) is 31.2 Å². The molecule has 5 nitrogen and oxygen atoms in total. The zero-order valence-electron chi connectivity index (χ0n) is 14.5. The van der Waals surface area contributed by atoms with E-state index >= 15 is 0 Å². The number of rotatable bonds is 7. The molecule has 2 aromatic carbocycles. The molecule has 3 aromatic rings. The van der Waals surface area contributed by atoms with E-state index in [1.807, 2.05) is 37.3 Å². The first kappa shape index (κ1) is 18.2. The molecule has 0 aliphatic rings. The molecule has 0 radical (unpaired) electrons. The third kappa shape index (κ3) is 4.52. The Hall–Kier alpha value is -2.60. The van der Waals surface area contributed by atoms with E-state index in [2.05, 4.69) is 5.32 Å². The minimum absolute atomic E-state index is 0.0678. The molecule has 0 saturated carbocycles. The molecule has 1 amide bonds. The van der Waals surface area contributed by atoms with Gasteiger partial charge in [-0.15, -0.1) is 0 Å². The molecule has 136 valence electrons. The fourth-order valence-corrected chi connectivity index (χ4v) is 4.07. The molecule has 0 aliphatic heterocycles. The summed E-state index contributed by atoms with van der Waals surface area (Å²) in [7, 11) is -3.45. The van der Waals surface area contributed by atoms with Crippen molar-refractivity contribution in [3.8, 4) is 0 Å². The van der Waals surface area contributed by atoms with Crippen LogP contribution >= 0.6 is 0 Å². The van der Waals surface area contributed by atoms with Crippen LogP contribution in [-0.4, -0.2) is 26.1 Å². The summed E-state index contributed by atoms with van der Waals surface area (Å²) in [5, 5.41) is 3.86. The normalized spacial score (nSPS) is 12.8. The Morgan fingerprint density at radius 3 is 2.50 bits per heavy atom. The molecule has 1 N–H and O–H groups in total. The van der Waals surface area contributed by atoms with Gasteiger partial charge in [0.15, 0.2) is 9.84 Å². The average Bonchev–Trinajstić information content (AvgIpc) is 3.03. The van der Waals surface area contributed by atoms with E-state index in [1.165, 1.54) is 12.1 Å². The van der Waals surface area contributed by atoms with Crippen molar-refractivity contribution >= 4 is 26.7 Å². The summed E-state index contributed by atoms with van der Waals surface area (Å²) in [4.78, 5) is 12.3. The Morgan fingerprint density at radius 1 is 1.08 bits per heavy atom. The Labute approximate surface area is 152 Å². The third-order valence-corrected chi connectivity index (χ3v) is 5.82. The largest absolute Gasteiger partial charge is 0.461 e. The van der Waals surface area contributed by atoms with Gasteiger partial charge in [-0.2, -0.15) is 0 Å². The van der Waals surface area contributed by atoms with Crippen LogP contribution in [0.15, 0.2) is 70.0 Å². The molecule has 0 bridgehead atoms. The van der Waals surface area contributed by atoms with Crippen molar-refractivity contribution in [3.63, 3.8) is 0 Å². The summed E-state index contributed by atoms with van der Waals surface area (Å²) in [5.41, 5.74) is 0.815. The molecular weight excluding hydrogens is 350 g/mol. The second-order valence-electron chi connectivity index (χ2n) is 6.31. The number of carbonyl (C=O) groups is 1. The van der Waals surface area contributed by atoms with Crippen molar-refractivity contribution in [1.82, 2.24) is 5.32 Å². The fourth-order valence-electron chi connectivity index (χ4n) is 2.81. The van der Waals surface area contributed by atoms with Crippen molar-refractivity contribution in [1.29, 1.82) is 0 Å². The van der Waals surface area contributed by atoms with Crippen LogP contribution in [0, 0.1) is 0 Å². The third-order valence-electron chi connectivity index (χ3n) is 4.09. The van der Waals surface area contributed by atoms with Gasteiger partial charge in [-0.3, -0.25) is 4.79 Å². The van der Waals surface area contributed by atoms with Crippen LogP contribution in [0.25, 0.3) is 11.0 Å². The first-order valence-electron chi connectivity index (χ1n) is 8.49. The van der Waals surface area contributed by atoms with E-state index < -0.39 is 9.84 Å². The molecule has 0 aliphatic carbocycles. The number of para-hydroxylation sites is 1. The number of nitrogens with one attached hydrogen (secondary N) is 1. The van der Waals surface area contributed by atoms with E-state index in [9.17, 15) is 13.2 Å². The lowest BCUT2D eigenvalue weighted by molar-refractivity contribution is -0.121. The number of sulfone groups is 1. The van der Waals surface area contributed by atoms with Crippen LogP contribution in [0.4, 0.5) is 0 Å². The van der Waals surface area contributed by atoms with Gasteiger partial charge in [0.05, 0.1) is 10.6 Å². The topological polar surface area (TPSA) is 76.4 Å². The highest BCUT2D eigenvalue weighted by molar-refractivity contribution is 7.91. The van der Waals surface area contributed by atoms with Crippen LogP contribution in [0.2, 0.25) is 0 Å². The Balaban J connectivity index is 1.52. The highest BCUT2D eigenvalue weighted by Crippen LogP contribution is 2.19. The second kappa shape index (κ2) is 7.74. The molecule has 6 heteroatoms. The van der Waals surface area contributed by atoms with Crippen LogP contribution in [-0.2, 0) is 21.1 Å². The number of fused-ring (bicyclic) bond motifs is 1. The van der Waals surface area contributed by atoms with Crippen molar-refractivity contribution < 1.29 is 17.6 Å². The van der Waals surface area contributed by atoms with E-state index in [4.69, 9.17) is 4.42 Å². The van der Waals surface area contributed by atoms with E-state index in [-0.39, 0.29) is 29.0 Å². The van der Waals surface area contributed by atoms with Gasteiger partial charge in [0, 0.05) is 24.3 Å². The minimum Gasteiger partial charge on any atom is -0.461 e. The summed E-state index contributed by atoms with van der Waals surface area (Å²) in [5.74, 6) is 0.296. The number of amides is 1. The number of furan rings is 1. The number of hydrogen-bond donors (Lipinski definition) is 1. The number of hydrogen-bond acceptors (Lipinski definition) is 4. The second-order valence-corrected chi connectivity index (χ2v) is 8.41. The van der Waals surface area contributed by atoms with Gasteiger partial charge in [0.25, 0.3) is 0 Å². The van der Waals surface area contributed by atoms with Crippen molar-refractivity contribution in [2.75, 3.05) is 5.75 Å². The van der Waals surface area contributed by atoms with Crippen LogP contribution < -0.4 is 5.32 Å². The Kier molecular flexibility index (Phi) is 5.42. The maximum absolute atomic E-state index is 12.2. The van der Waals surface area contributed by atoms with Gasteiger partial charge in [0.2, 0.25) is 5.91 Å². The van der Waals surface area contributed by atoms with E-state index in [0.29, 0.717) is 6.42 Å². The zero-order chi connectivity index (χ0) is 18.6. The number of carbonyl (C=O) groups excluding carboxylic acids is 1. The molecule has 0 unspecified atom stereocenters. The summed E-state index contributed by atoms with van der Waals surface area (Å²) in [6.45, 7) is 1.87. The first-order chi connectivity index (χ1) is 12.4. The van der Waals surface area contributed by atoms with Crippen LogP contribution in [0.3, 0.4) is 0 Å². The van der Waals surface area contributed by atoms with Crippen molar-refractivity contribution in [2.24, 2.45) is 0 Å². The van der Waals surface area contributed by atoms with Gasteiger partial charge < -0.3 is 9.73 Å². The van der Waals surface area contributed by atoms with Gasteiger partial charge in [0.1, 0.15) is 11.3 Å². The lowest BCUT2D eigenvalue weighted by Gasteiger charge is -2.12. The number of benzene rings is 2. The smallest absolute Gasteiger partial charge is 0.221 e. The maximum atomic E-state index is 12.2. The standard InChI is InChI=1S/C20H21NO4S/c1-15(13-17-14-16-7-5-6-10-19(16)25-17)21-20(22)11-12-26(23,24)18-8-3-2-4-9-18/h2-10,14-15H,11-13H2,1H3,(H,21,22)/t15-/m0/s1. The van der Waals surface area contributed by atoms with Gasteiger partial charge in [-0.25, -0.2) is 8.42 Å². The maximum Gasteiger partial charge on any atom is 0.221 e. The molecule has 0 spiro atoms. The van der Waals surface area contributed by atoms with Crippen LogP contribution in [0.1, 0.15) is 19.1 Å². The summed E-state index contributed by atoms with van der Waals surface area (Å²) < 4.78 is 30.2. The monoisotopic (exact) mass is 371 g/mol. The molecule has 0 saturated heterocycles. The van der Waals surface area contributed by atoms with Crippen molar-refractivity contribution in [3.05, 3.63) is 66.4 Å². The molecule has 0 fully saturated rings. The summed E-state index contributed by atoms with van der Waals surface area (Å²) in [6, 6.07) is 17.7. The predicted molar refractivity (Wildman–Crippen MR) is 101 cm³/mol. The molecule has 1 atom stereocenters. The zero-order valence-corrected chi connectivity index (χ0v) is 15.3. The first-order valence-corrected chi connectivity index (χ1v) is 10.1. The fraction of sp³-hybridized carbons (Fsp3) is 0.250. The van der Waals surface area contributed by atoms with E-state index in [0.717, 1.165) is 16.7 Å². The van der Waals surface area contributed by atoms with E-state index in [1.54, 1.807) is 18.2 Å². The van der Waals surface area contributed by atoms with Crippen LogP contribution in [0.5, 0.6) is 0 Å². The van der Waals surface area contributed by atoms with Gasteiger partial charge >= 0.3 is 0 Å². The molecule has 1 heterocycles. The SMILES string of the molecule is C[C@@H](Cc1cc2ccccc2o1)NC(=O)CCS(=O)(=O)c1ccccc1. The summed E-state index contributed by atoms with van der Waals surface area (Å²) >= 11 is 0. The molecule has 3 rings (SSSR count). The summed E-state index contributed by atoms with van der Waals surface area (Å²) in [6.07, 6.45) is 0.480. The lowest BCUT2D eigenvalue weighted by atomic mass is 10.1. The highest BCUT2D eigenvalue weighted by Gasteiger charge is 2.17. The average molecular weight is 371 g/mol. The highest BCUT2D eigenvalue weighted by atomic mass is 32.2. The predicted octanol–water partition coefficient (Wildman–Crippen LogP) is 3.34. The Bertz CT molecular complexity index is 960. The molecule has 1 aromatic heterocycles. The molecular formula is C20H21NO4S. The quantitative estimate of drug-likeness (QED) is 0.691. The van der Waals surface area contributed by atoms with Gasteiger partial charge in [-0.1, -0.05) is 36.4 Å². The Morgan fingerprint density at radius 2 is 1.77 bits per heavy atom. The lowest BCUT2D eigenvalue weighted by Crippen LogP contribution is -2.34.